The number of halogens is 4. The van der Waals surface area contributed by atoms with Crippen molar-refractivity contribution in [3.63, 3.8) is 0 Å². The van der Waals surface area contributed by atoms with E-state index in [1.807, 2.05) is 6.92 Å². The Bertz CT molecular complexity index is 1700. The minimum Gasteiger partial charge on any atom is -0.318 e. The largest absolute Gasteiger partial charge is 0.318 e. The average molecular weight is 583 g/mol. The van der Waals surface area contributed by atoms with E-state index in [4.69, 9.17) is 11.6 Å². The molecule has 2 fully saturated rings. The minimum atomic E-state index is -3.00. The van der Waals surface area contributed by atoms with Crippen LogP contribution < -0.4 is 10.2 Å². The lowest BCUT2D eigenvalue weighted by atomic mass is 10.0. The quantitative estimate of drug-likeness (QED) is 0.325. The number of anilines is 2. The van der Waals surface area contributed by atoms with Crippen molar-refractivity contribution in [1.82, 2.24) is 29.7 Å². The van der Waals surface area contributed by atoms with E-state index in [1.165, 1.54) is 6.20 Å². The Morgan fingerprint density at radius 1 is 1.17 bits per heavy atom. The molecule has 10 nitrogen and oxygen atoms in total. The Morgan fingerprint density at radius 2 is 1.98 bits per heavy atom. The number of nitrogens with zero attached hydrogens (tertiary/aromatic N) is 7. The Labute approximate surface area is 236 Å². The summed E-state index contributed by atoms with van der Waals surface area (Å²) in [6.45, 7) is 4.33. The number of hydrogen-bond acceptors (Lipinski definition) is 7. The van der Waals surface area contributed by atoms with E-state index in [2.05, 4.69) is 30.4 Å². The van der Waals surface area contributed by atoms with Gasteiger partial charge in [-0.15, -0.1) is 0 Å². The van der Waals surface area contributed by atoms with Crippen molar-refractivity contribution in [2.45, 2.75) is 32.7 Å². The zero-order valence-electron chi connectivity index (χ0n) is 21.7. The highest BCUT2D eigenvalue weighted by Crippen LogP contribution is 2.47. The van der Waals surface area contributed by atoms with E-state index >= 15 is 0 Å². The van der Waals surface area contributed by atoms with E-state index in [0.717, 1.165) is 30.9 Å². The number of rotatable bonds is 7. The third-order valence-electron chi connectivity index (χ3n) is 7.29. The summed E-state index contributed by atoms with van der Waals surface area (Å²) in [7, 11) is 0. The Hall–Kier alpha value is -4.39. The van der Waals surface area contributed by atoms with Gasteiger partial charge in [0.25, 0.3) is 12.3 Å². The molecule has 1 saturated carbocycles. The second-order valence-corrected chi connectivity index (χ2v) is 10.4. The van der Waals surface area contributed by atoms with Crippen molar-refractivity contribution < 1.29 is 22.8 Å². The third-order valence-corrected chi connectivity index (χ3v) is 7.58. The first-order chi connectivity index (χ1) is 19.6. The Morgan fingerprint density at radius 3 is 2.68 bits per heavy atom. The van der Waals surface area contributed by atoms with Gasteiger partial charge in [0, 0.05) is 29.8 Å². The molecule has 1 saturated heterocycles. The van der Waals surface area contributed by atoms with Gasteiger partial charge in [0.15, 0.2) is 11.6 Å². The molecular formula is C27H22ClF3N8O2. The van der Waals surface area contributed by atoms with Crippen LogP contribution in [0.3, 0.4) is 0 Å². The second-order valence-electron chi connectivity index (χ2n) is 10.0. The molecular weight excluding hydrogens is 561 g/mol. The predicted molar refractivity (Wildman–Crippen MR) is 142 cm³/mol. The van der Waals surface area contributed by atoms with Crippen LogP contribution >= 0.6 is 11.6 Å². The van der Waals surface area contributed by atoms with Gasteiger partial charge in [-0.05, 0) is 32.3 Å². The molecule has 4 heterocycles. The number of nitrogens with one attached hydrogen (secondary N) is 1. The van der Waals surface area contributed by atoms with E-state index in [1.54, 1.807) is 28.9 Å². The maximum absolute atomic E-state index is 14.7. The average Bonchev–Trinajstić information content (AvgIpc) is 3.45. The molecule has 6 rings (SSSR count). The van der Waals surface area contributed by atoms with Gasteiger partial charge < -0.3 is 5.32 Å². The fraction of sp³-hybridized carbons (Fsp3) is 0.296. The lowest BCUT2D eigenvalue weighted by molar-refractivity contribution is -0.118. The van der Waals surface area contributed by atoms with Crippen LogP contribution in [0.4, 0.5) is 24.7 Å². The molecule has 2 amide bonds. The van der Waals surface area contributed by atoms with E-state index < -0.39 is 29.3 Å². The minimum absolute atomic E-state index is 0.100. The lowest BCUT2D eigenvalue weighted by Gasteiger charge is -2.20. The van der Waals surface area contributed by atoms with E-state index in [-0.39, 0.29) is 34.3 Å². The molecule has 210 valence electrons. The number of alkyl halides is 2. The molecule has 0 spiro atoms. The number of aryl methyl sites for hydroxylation is 1. The molecule has 0 bridgehead atoms. The summed E-state index contributed by atoms with van der Waals surface area (Å²) < 4.78 is 43.3. The van der Waals surface area contributed by atoms with Crippen LogP contribution in [0.1, 0.15) is 53.3 Å². The van der Waals surface area contributed by atoms with E-state index in [0.29, 0.717) is 35.4 Å². The number of amides is 2. The fourth-order valence-electron chi connectivity index (χ4n) is 4.98. The highest BCUT2D eigenvalue weighted by atomic mass is 35.5. The molecule has 1 aliphatic heterocycles. The highest BCUT2D eigenvalue weighted by Gasteiger charge is 2.53. The molecule has 1 aromatic carbocycles. The summed E-state index contributed by atoms with van der Waals surface area (Å²) in [6.07, 6.45) is 4.76. The first kappa shape index (κ1) is 26.8. The zero-order chi connectivity index (χ0) is 29.0. The Kier molecular flexibility index (Phi) is 6.68. The van der Waals surface area contributed by atoms with Gasteiger partial charge in [0.2, 0.25) is 5.91 Å². The SMILES string of the molecule is Cc1nc(C(C)n2cc(NC(=O)c3cncc(-c4c(C(F)F)ccc(Cl)c4F)n3)cn2)cnc1N1C[C@H]2C[C@H]2C1=O. The summed E-state index contributed by atoms with van der Waals surface area (Å²) in [5.41, 5.74) is -0.0697. The van der Waals surface area contributed by atoms with Crippen molar-refractivity contribution in [3.05, 3.63) is 76.6 Å². The van der Waals surface area contributed by atoms with Crippen molar-refractivity contribution in [1.29, 1.82) is 0 Å². The standard InChI is InChI=1S/C27H22ClF3N8O2/c1-12-25(38-10-14-5-17(14)27(38)41)33-9-19(35-12)13(2)39-11-15(6-34-39)36-26(40)21-8-32-7-20(37-21)22-16(24(30)31)3-4-18(28)23(22)29/h3-4,6-9,11,13-14,17,24H,5,10H2,1-2H3,(H,36,40)/t13?,14-,17-/m1/s1. The summed E-state index contributed by atoms with van der Waals surface area (Å²) in [5, 5.41) is 6.56. The predicted octanol–water partition coefficient (Wildman–Crippen LogP) is 5.01. The molecule has 1 N–H and O–H groups in total. The fourth-order valence-corrected chi connectivity index (χ4v) is 5.13. The van der Waals surface area contributed by atoms with E-state index in [9.17, 15) is 22.8 Å². The smallest absolute Gasteiger partial charge is 0.275 e. The Balaban J connectivity index is 1.18. The number of aromatic nitrogens is 6. The highest BCUT2D eigenvalue weighted by molar-refractivity contribution is 6.31. The zero-order valence-corrected chi connectivity index (χ0v) is 22.5. The molecule has 3 aromatic heterocycles. The van der Waals surface area contributed by atoms with Crippen molar-refractivity contribution in [2.75, 3.05) is 16.8 Å². The lowest BCUT2D eigenvalue weighted by Crippen LogP contribution is -2.30. The number of carbonyl (C=O) groups excluding carboxylic acids is 2. The summed E-state index contributed by atoms with van der Waals surface area (Å²) in [6, 6.07) is 1.68. The topological polar surface area (TPSA) is 119 Å². The monoisotopic (exact) mass is 582 g/mol. The number of hydrogen-bond donors (Lipinski definition) is 1. The van der Waals surface area contributed by atoms with Gasteiger partial charge in [-0.25, -0.2) is 23.1 Å². The maximum atomic E-state index is 14.7. The molecule has 4 aromatic rings. The number of piperidine rings is 1. The number of fused-ring (bicyclic) bond motifs is 1. The molecule has 1 aliphatic carbocycles. The van der Waals surface area contributed by atoms with Gasteiger partial charge in [-0.3, -0.25) is 29.1 Å². The number of carbonyl (C=O) groups is 2. The van der Waals surface area contributed by atoms with Gasteiger partial charge in [0.1, 0.15) is 5.69 Å². The molecule has 0 radical (unpaired) electrons. The molecule has 41 heavy (non-hydrogen) atoms. The van der Waals surface area contributed by atoms with Crippen LogP contribution in [0.2, 0.25) is 5.02 Å². The van der Waals surface area contributed by atoms with Crippen LogP contribution in [0.5, 0.6) is 0 Å². The summed E-state index contributed by atoms with van der Waals surface area (Å²) >= 11 is 5.80. The normalized spacial score (nSPS) is 18.5. The molecule has 3 atom stereocenters. The second kappa shape index (κ2) is 10.2. The summed E-state index contributed by atoms with van der Waals surface area (Å²) in [5.74, 6) is -0.588. The van der Waals surface area contributed by atoms with Gasteiger partial charge in [-0.2, -0.15) is 5.10 Å². The maximum Gasteiger partial charge on any atom is 0.275 e. The van der Waals surface area contributed by atoms with Crippen LogP contribution in [-0.4, -0.2) is 48.1 Å². The third kappa shape index (κ3) is 4.90. The number of benzene rings is 1. The van der Waals surface area contributed by atoms with Crippen molar-refractivity contribution >= 4 is 34.9 Å². The van der Waals surface area contributed by atoms with Crippen LogP contribution in [0.25, 0.3) is 11.3 Å². The molecule has 14 heteroatoms. The summed E-state index contributed by atoms with van der Waals surface area (Å²) in [4.78, 5) is 44.1. The first-order valence-corrected chi connectivity index (χ1v) is 13.1. The first-order valence-electron chi connectivity index (χ1n) is 12.7. The van der Waals surface area contributed by atoms with Gasteiger partial charge in [-0.1, -0.05) is 17.7 Å². The van der Waals surface area contributed by atoms with Crippen LogP contribution in [0, 0.1) is 24.6 Å². The van der Waals surface area contributed by atoms with Crippen molar-refractivity contribution in [2.24, 2.45) is 11.8 Å². The van der Waals surface area contributed by atoms with Crippen LogP contribution in [-0.2, 0) is 4.79 Å². The van der Waals surface area contributed by atoms with Gasteiger partial charge >= 0.3 is 0 Å². The van der Waals surface area contributed by atoms with Crippen molar-refractivity contribution in [3.8, 4) is 11.3 Å². The van der Waals surface area contributed by atoms with Gasteiger partial charge in [0.05, 0.1) is 58.6 Å². The molecule has 2 aliphatic rings. The van der Waals surface area contributed by atoms with Crippen LogP contribution in [0.15, 0.2) is 43.1 Å². The molecule has 1 unspecified atom stereocenters.